The van der Waals surface area contributed by atoms with Crippen LogP contribution in [0.2, 0.25) is 0 Å². The van der Waals surface area contributed by atoms with Crippen LogP contribution in [0, 0.1) is 12.8 Å². The van der Waals surface area contributed by atoms with Crippen molar-refractivity contribution in [3.05, 3.63) is 59.5 Å². The van der Waals surface area contributed by atoms with Crippen molar-refractivity contribution < 1.29 is 9.53 Å². The van der Waals surface area contributed by atoms with E-state index in [1.807, 2.05) is 18.2 Å². The Balaban J connectivity index is 1.36. The zero-order chi connectivity index (χ0) is 19.8. The molecule has 1 atom stereocenters. The van der Waals surface area contributed by atoms with Crippen molar-refractivity contribution in [3.8, 4) is 0 Å². The normalized spacial score (nSPS) is 19.2. The molecular weight excluding hydrogens is 364 g/mol. The second kappa shape index (κ2) is 7.52. The Morgan fingerprint density at radius 2 is 2.03 bits per heavy atom. The Hall–Kier alpha value is -2.86. The number of aromatic nitrogens is 2. The molecule has 3 aromatic rings. The van der Waals surface area contributed by atoms with Gasteiger partial charge >= 0.3 is 0 Å². The van der Waals surface area contributed by atoms with Gasteiger partial charge < -0.3 is 19.4 Å². The Kier molecular flexibility index (Phi) is 4.72. The molecule has 5 rings (SSSR count). The fourth-order valence-corrected chi connectivity index (χ4v) is 4.43. The van der Waals surface area contributed by atoms with Crippen LogP contribution in [0.4, 0.5) is 11.4 Å². The molecule has 2 aliphatic rings. The van der Waals surface area contributed by atoms with Gasteiger partial charge in [-0.05, 0) is 49.6 Å². The quantitative estimate of drug-likeness (QED) is 0.746. The van der Waals surface area contributed by atoms with Crippen LogP contribution in [-0.4, -0.2) is 41.6 Å². The van der Waals surface area contributed by atoms with Crippen molar-refractivity contribution in [2.75, 3.05) is 36.5 Å². The maximum atomic E-state index is 13.1. The minimum absolute atomic E-state index is 0.0403. The fraction of sp³-hybridized carbons (Fsp3) is 0.391. The lowest BCUT2D eigenvalue weighted by atomic mass is 9.89. The summed E-state index contributed by atoms with van der Waals surface area (Å²) in [6.45, 7) is 5.22. The summed E-state index contributed by atoms with van der Waals surface area (Å²) in [6.07, 6.45) is 4.48. The Labute approximate surface area is 170 Å². The first kappa shape index (κ1) is 18.2. The van der Waals surface area contributed by atoms with Gasteiger partial charge in [0.2, 0.25) is 5.91 Å². The van der Waals surface area contributed by atoms with Gasteiger partial charge in [0, 0.05) is 37.3 Å². The number of anilines is 2. The number of fused-ring (bicyclic) bond motifs is 3. The highest BCUT2D eigenvalue weighted by Gasteiger charge is 2.29. The Bertz CT molecular complexity index is 1050. The minimum Gasteiger partial charge on any atom is -0.378 e. The summed E-state index contributed by atoms with van der Waals surface area (Å²) in [4.78, 5) is 20.2. The number of hydrogen-bond donors (Lipinski definition) is 1. The average Bonchev–Trinajstić information content (AvgIpc) is 3.11. The van der Waals surface area contributed by atoms with Crippen molar-refractivity contribution in [1.29, 1.82) is 0 Å². The van der Waals surface area contributed by atoms with E-state index in [9.17, 15) is 4.79 Å². The molecule has 1 fully saturated rings. The highest BCUT2D eigenvalue weighted by atomic mass is 16.5. The molecule has 0 radical (unpaired) electrons. The Morgan fingerprint density at radius 3 is 2.90 bits per heavy atom. The van der Waals surface area contributed by atoms with E-state index in [0.717, 1.165) is 68.3 Å². The molecule has 1 saturated heterocycles. The van der Waals surface area contributed by atoms with Crippen LogP contribution in [-0.2, 0) is 22.4 Å². The van der Waals surface area contributed by atoms with Crippen molar-refractivity contribution in [2.45, 2.75) is 26.2 Å². The topological polar surface area (TPSA) is 58.9 Å². The average molecular weight is 390 g/mol. The number of ether oxygens (including phenoxy) is 1. The number of nitrogens with zero attached hydrogens (tertiary/aromatic N) is 3. The van der Waals surface area contributed by atoms with Gasteiger partial charge in [0.1, 0.15) is 5.65 Å². The number of hydrogen-bond acceptors (Lipinski definition) is 4. The first-order valence-corrected chi connectivity index (χ1v) is 10.4. The van der Waals surface area contributed by atoms with E-state index >= 15 is 0 Å². The number of morpholine rings is 1. The number of carbonyl (C=O) groups is 1. The van der Waals surface area contributed by atoms with E-state index in [0.29, 0.717) is 0 Å². The molecule has 2 aromatic heterocycles. The second-order valence-corrected chi connectivity index (χ2v) is 7.98. The summed E-state index contributed by atoms with van der Waals surface area (Å²) in [7, 11) is 0. The molecule has 0 bridgehead atoms. The minimum atomic E-state index is -0.0403. The van der Waals surface area contributed by atoms with Crippen LogP contribution >= 0.6 is 0 Å². The fourth-order valence-electron chi connectivity index (χ4n) is 4.43. The molecule has 6 heteroatoms. The van der Waals surface area contributed by atoms with Crippen LogP contribution < -0.4 is 10.2 Å². The van der Waals surface area contributed by atoms with E-state index in [1.54, 1.807) is 0 Å². The van der Waals surface area contributed by atoms with Gasteiger partial charge in [-0.15, -0.1) is 0 Å². The van der Waals surface area contributed by atoms with Crippen molar-refractivity contribution >= 4 is 22.9 Å². The number of amides is 1. The smallest absolute Gasteiger partial charge is 0.227 e. The Morgan fingerprint density at radius 1 is 1.21 bits per heavy atom. The number of nitrogens with one attached hydrogen (secondary N) is 1. The van der Waals surface area contributed by atoms with E-state index in [1.165, 1.54) is 11.3 Å². The van der Waals surface area contributed by atoms with Gasteiger partial charge in [-0.2, -0.15) is 0 Å². The molecule has 1 aromatic carbocycles. The first-order chi connectivity index (χ1) is 14.2. The largest absolute Gasteiger partial charge is 0.378 e. The van der Waals surface area contributed by atoms with Crippen LogP contribution in [0.15, 0.2) is 42.6 Å². The lowest BCUT2D eigenvalue weighted by molar-refractivity contribution is -0.120. The van der Waals surface area contributed by atoms with E-state index in [4.69, 9.17) is 9.72 Å². The standard InChI is InChI=1S/C23H26N4O2/c1-16-8-9-27-21-15-17(6-7-19(21)24-22(27)14-16)23(28)25-18-4-2-3-5-20(18)26-10-12-29-13-11-26/h2-5,8-9,14,17H,6-7,10-13,15H2,1H3,(H,25,28). The van der Waals surface area contributed by atoms with Gasteiger partial charge in [-0.1, -0.05) is 12.1 Å². The molecule has 1 unspecified atom stereocenters. The number of para-hydroxylation sites is 2. The molecule has 1 aliphatic carbocycles. The highest BCUT2D eigenvalue weighted by molar-refractivity contribution is 5.96. The third-order valence-corrected chi connectivity index (χ3v) is 6.02. The zero-order valence-electron chi connectivity index (χ0n) is 16.7. The number of carbonyl (C=O) groups excluding carboxylic acids is 1. The number of benzene rings is 1. The summed E-state index contributed by atoms with van der Waals surface area (Å²) in [6, 6.07) is 12.3. The lowest BCUT2D eigenvalue weighted by Crippen LogP contribution is -2.37. The highest BCUT2D eigenvalue weighted by Crippen LogP contribution is 2.30. The summed E-state index contributed by atoms with van der Waals surface area (Å²) in [5, 5.41) is 3.21. The maximum Gasteiger partial charge on any atom is 0.227 e. The monoisotopic (exact) mass is 390 g/mol. The SMILES string of the molecule is Cc1ccn2c3c(nc2c1)CCC(C(=O)Nc1ccccc1N1CCOCC1)C3. The maximum absolute atomic E-state index is 13.1. The van der Waals surface area contributed by atoms with E-state index in [2.05, 4.69) is 45.9 Å². The van der Waals surface area contributed by atoms with Crippen LogP contribution in [0.1, 0.15) is 23.4 Å². The predicted octanol–water partition coefficient (Wildman–Crippen LogP) is 3.22. The van der Waals surface area contributed by atoms with Crippen molar-refractivity contribution in [2.24, 2.45) is 5.92 Å². The first-order valence-electron chi connectivity index (χ1n) is 10.4. The van der Waals surface area contributed by atoms with Gasteiger partial charge in [-0.3, -0.25) is 4.79 Å². The molecule has 3 heterocycles. The molecule has 29 heavy (non-hydrogen) atoms. The van der Waals surface area contributed by atoms with Crippen molar-refractivity contribution in [1.82, 2.24) is 9.38 Å². The third kappa shape index (κ3) is 3.49. The van der Waals surface area contributed by atoms with Crippen molar-refractivity contribution in [3.63, 3.8) is 0 Å². The number of rotatable bonds is 3. The van der Waals surface area contributed by atoms with Crippen LogP contribution in [0.5, 0.6) is 0 Å². The molecule has 1 N–H and O–H groups in total. The summed E-state index contributed by atoms with van der Waals surface area (Å²) in [5.74, 6) is 0.0554. The molecule has 1 aliphatic heterocycles. The third-order valence-electron chi connectivity index (χ3n) is 6.02. The molecular formula is C23H26N4O2. The van der Waals surface area contributed by atoms with Crippen LogP contribution in [0.25, 0.3) is 5.65 Å². The molecule has 1 amide bonds. The second-order valence-electron chi connectivity index (χ2n) is 7.98. The van der Waals surface area contributed by atoms with Crippen LogP contribution in [0.3, 0.4) is 0 Å². The van der Waals surface area contributed by atoms with Gasteiger partial charge in [0.25, 0.3) is 0 Å². The summed E-state index contributed by atoms with van der Waals surface area (Å²) in [5.41, 5.74) is 6.45. The molecule has 0 spiro atoms. The van der Waals surface area contributed by atoms with Gasteiger partial charge in [0.05, 0.1) is 30.3 Å². The van der Waals surface area contributed by atoms with E-state index < -0.39 is 0 Å². The predicted molar refractivity (Wildman–Crippen MR) is 114 cm³/mol. The van der Waals surface area contributed by atoms with Gasteiger partial charge in [0.15, 0.2) is 0 Å². The summed E-state index contributed by atoms with van der Waals surface area (Å²) >= 11 is 0. The number of imidazole rings is 1. The van der Waals surface area contributed by atoms with E-state index in [-0.39, 0.29) is 11.8 Å². The lowest BCUT2D eigenvalue weighted by Gasteiger charge is -2.31. The van der Waals surface area contributed by atoms with Gasteiger partial charge in [-0.25, -0.2) is 4.98 Å². The zero-order valence-corrected chi connectivity index (χ0v) is 16.7. The number of aryl methyl sites for hydroxylation is 2. The molecule has 150 valence electrons. The summed E-state index contributed by atoms with van der Waals surface area (Å²) < 4.78 is 7.61. The molecule has 6 nitrogen and oxygen atoms in total. The number of pyridine rings is 1. The molecule has 0 saturated carbocycles.